The molecule has 0 saturated heterocycles. The largest absolute Gasteiger partial charge is 0.326 e. The van der Waals surface area contributed by atoms with Gasteiger partial charge in [0.1, 0.15) is 0 Å². The van der Waals surface area contributed by atoms with Crippen LogP contribution in [-0.4, -0.2) is 24.0 Å². The number of nitrogens with two attached hydrogens (primary N) is 1. The first-order chi connectivity index (χ1) is 7.97. The molecular weight excluding hydrogens is 276 g/mol. The molecule has 2 nitrogen and oxygen atoms in total. The van der Waals surface area contributed by atoms with Crippen LogP contribution < -0.4 is 5.73 Å². The van der Waals surface area contributed by atoms with Crippen LogP contribution in [0.2, 0.25) is 0 Å². The Labute approximate surface area is 113 Å². The molecule has 0 bridgehead atoms. The fraction of sp³-hybridized carbons (Fsp3) is 0.571. The van der Waals surface area contributed by atoms with Crippen LogP contribution in [0.1, 0.15) is 38.8 Å². The number of hydrogen-bond donors (Lipinski definition) is 1. The molecule has 2 N–H and O–H groups in total. The average molecular weight is 299 g/mol. The average Bonchev–Trinajstić information content (AvgIpc) is 2.31. The summed E-state index contributed by atoms with van der Waals surface area (Å²) in [7, 11) is 2.15. The van der Waals surface area contributed by atoms with Gasteiger partial charge in [0.15, 0.2) is 0 Å². The van der Waals surface area contributed by atoms with Crippen molar-refractivity contribution in [3.05, 3.63) is 34.3 Å². The molecule has 96 valence electrons. The fourth-order valence-electron chi connectivity index (χ4n) is 1.99. The Kier molecular flexibility index (Phi) is 5.63. The van der Waals surface area contributed by atoms with Gasteiger partial charge in [-0.15, -0.1) is 0 Å². The quantitative estimate of drug-likeness (QED) is 0.900. The summed E-state index contributed by atoms with van der Waals surface area (Å²) in [5.41, 5.74) is 7.56. The summed E-state index contributed by atoms with van der Waals surface area (Å²) in [6.07, 6.45) is 0.984. The van der Waals surface area contributed by atoms with E-state index < -0.39 is 0 Å². The Morgan fingerprint density at radius 2 is 1.76 bits per heavy atom. The zero-order valence-electron chi connectivity index (χ0n) is 11.2. The summed E-state index contributed by atoms with van der Waals surface area (Å²) in [5, 5.41) is 0. The summed E-state index contributed by atoms with van der Waals surface area (Å²) in [6.45, 7) is 6.55. The van der Waals surface area contributed by atoms with Gasteiger partial charge in [-0.05, 0) is 45.0 Å². The van der Waals surface area contributed by atoms with Crippen molar-refractivity contribution in [3.8, 4) is 0 Å². The van der Waals surface area contributed by atoms with E-state index in [2.05, 4.69) is 72.9 Å². The van der Waals surface area contributed by atoms with Crippen LogP contribution in [0.25, 0.3) is 0 Å². The first-order valence-electron chi connectivity index (χ1n) is 6.20. The first kappa shape index (κ1) is 14.7. The van der Waals surface area contributed by atoms with Crippen LogP contribution in [-0.2, 0) is 0 Å². The van der Waals surface area contributed by atoms with Gasteiger partial charge < -0.3 is 5.73 Å². The standard InChI is InChI=1S/C14H23BrN2/c1-5-13(16)14(17(4)10(2)3)11-6-8-12(15)9-7-11/h6-10,13-14H,5,16H2,1-4H3. The van der Waals surface area contributed by atoms with Crippen molar-refractivity contribution in [2.24, 2.45) is 5.73 Å². The summed E-state index contributed by atoms with van der Waals surface area (Å²) >= 11 is 3.47. The number of benzene rings is 1. The minimum absolute atomic E-state index is 0.170. The van der Waals surface area contributed by atoms with E-state index in [-0.39, 0.29) is 12.1 Å². The van der Waals surface area contributed by atoms with E-state index >= 15 is 0 Å². The molecule has 1 rings (SSSR count). The summed E-state index contributed by atoms with van der Waals surface area (Å²) in [5.74, 6) is 0. The van der Waals surface area contributed by atoms with Crippen molar-refractivity contribution in [2.45, 2.75) is 45.3 Å². The monoisotopic (exact) mass is 298 g/mol. The van der Waals surface area contributed by atoms with E-state index in [0.29, 0.717) is 6.04 Å². The van der Waals surface area contributed by atoms with Gasteiger partial charge in [-0.1, -0.05) is 35.0 Å². The van der Waals surface area contributed by atoms with Crippen LogP contribution in [0.3, 0.4) is 0 Å². The van der Waals surface area contributed by atoms with Crippen LogP contribution in [0, 0.1) is 0 Å². The second-order valence-electron chi connectivity index (χ2n) is 4.83. The predicted octanol–water partition coefficient (Wildman–Crippen LogP) is 3.57. The maximum atomic E-state index is 6.27. The van der Waals surface area contributed by atoms with Gasteiger partial charge in [-0.25, -0.2) is 0 Å². The van der Waals surface area contributed by atoms with E-state index in [1.807, 2.05) is 0 Å². The molecule has 1 aromatic carbocycles. The maximum absolute atomic E-state index is 6.27. The predicted molar refractivity (Wildman–Crippen MR) is 78.0 cm³/mol. The molecule has 0 amide bonds. The van der Waals surface area contributed by atoms with E-state index in [1.54, 1.807) is 0 Å². The van der Waals surface area contributed by atoms with Crippen molar-refractivity contribution in [3.63, 3.8) is 0 Å². The Hall–Kier alpha value is -0.380. The molecule has 1 aromatic rings. The number of likely N-dealkylation sites (N-methyl/N-ethyl adjacent to an activating group) is 1. The van der Waals surface area contributed by atoms with E-state index in [9.17, 15) is 0 Å². The summed E-state index contributed by atoms with van der Waals surface area (Å²) in [6, 6.07) is 9.42. The molecule has 0 aromatic heterocycles. The summed E-state index contributed by atoms with van der Waals surface area (Å²) in [4.78, 5) is 2.34. The molecule has 0 spiro atoms. The lowest BCUT2D eigenvalue weighted by Gasteiger charge is -2.35. The second kappa shape index (κ2) is 6.53. The molecule has 0 radical (unpaired) electrons. The Balaban J connectivity index is 3.01. The highest BCUT2D eigenvalue weighted by atomic mass is 79.9. The second-order valence-corrected chi connectivity index (χ2v) is 5.74. The topological polar surface area (TPSA) is 29.3 Å². The fourth-order valence-corrected chi connectivity index (χ4v) is 2.25. The van der Waals surface area contributed by atoms with E-state index in [4.69, 9.17) is 5.73 Å². The molecule has 0 heterocycles. The van der Waals surface area contributed by atoms with Gasteiger partial charge in [0.2, 0.25) is 0 Å². The molecule has 0 fully saturated rings. The van der Waals surface area contributed by atoms with Crippen molar-refractivity contribution in [1.82, 2.24) is 4.90 Å². The normalized spacial score (nSPS) is 15.3. The summed E-state index contributed by atoms with van der Waals surface area (Å²) < 4.78 is 1.11. The van der Waals surface area contributed by atoms with Gasteiger partial charge in [0, 0.05) is 22.6 Å². The smallest absolute Gasteiger partial charge is 0.0498 e. The maximum Gasteiger partial charge on any atom is 0.0498 e. The van der Waals surface area contributed by atoms with Gasteiger partial charge in [0.05, 0.1) is 0 Å². The van der Waals surface area contributed by atoms with Crippen molar-refractivity contribution in [2.75, 3.05) is 7.05 Å². The molecule has 17 heavy (non-hydrogen) atoms. The number of halogens is 1. The molecular formula is C14H23BrN2. The SMILES string of the molecule is CCC(N)C(c1ccc(Br)cc1)N(C)C(C)C. The van der Waals surface area contributed by atoms with Crippen LogP contribution in [0.4, 0.5) is 0 Å². The third-order valence-electron chi connectivity index (χ3n) is 3.34. The van der Waals surface area contributed by atoms with Crippen LogP contribution in [0.15, 0.2) is 28.7 Å². The Bertz CT molecular complexity index is 335. The zero-order chi connectivity index (χ0) is 13.0. The molecule has 0 saturated carbocycles. The van der Waals surface area contributed by atoms with Gasteiger partial charge in [-0.2, -0.15) is 0 Å². The molecule has 2 atom stereocenters. The lowest BCUT2D eigenvalue weighted by molar-refractivity contribution is 0.168. The third kappa shape index (κ3) is 3.80. The lowest BCUT2D eigenvalue weighted by Crippen LogP contribution is -2.41. The third-order valence-corrected chi connectivity index (χ3v) is 3.87. The van der Waals surface area contributed by atoms with Gasteiger partial charge in [-0.3, -0.25) is 4.90 Å². The molecule has 0 aliphatic carbocycles. The Morgan fingerprint density at radius 1 is 1.24 bits per heavy atom. The van der Waals surface area contributed by atoms with Gasteiger partial charge >= 0.3 is 0 Å². The number of rotatable bonds is 5. The van der Waals surface area contributed by atoms with Crippen LogP contribution in [0.5, 0.6) is 0 Å². The van der Waals surface area contributed by atoms with Gasteiger partial charge in [0.25, 0.3) is 0 Å². The Morgan fingerprint density at radius 3 is 2.18 bits per heavy atom. The highest BCUT2D eigenvalue weighted by Gasteiger charge is 2.24. The lowest BCUT2D eigenvalue weighted by atomic mass is 9.96. The highest BCUT2D eigenvalue weighted by Crippen LogP contribution is 2.26. The highest BCUT2D eigenvalue weighted by molar-refractivity contribution is 9.10. The van der Waals surface area contributed by atoms with Crippen molar-refractivity contribution >= 4 is 15.9 Å². The first-order valence-corrected chi connectivity index (χ1v) is 6.99. The van der Waals surface area contributed by atoms with Crippen molar-refractivity contribution in [1.29, 1.82) is 0 Å². The number of nitrogens with zero attached hydrogens (tertiary/aromatic N) is 1. The zero-order valence-corrected chi connectivity index (χ0v) is 12.7. The molecule has 3 heteroatoms. The minimum Gasteiger partial charge on any atom is -0.326 e. The number of hydrogen-bond acceptors (Lipinski definition) is 2. The van der Waals surface area contributed by atoms with E-state index in [1.165, 1.54) is 5.56 Å². The van der Waals surface area contributed by atoms with E-state index in [0.717, 1.165) is 10.9 Å². The molecule has 2 unspecified atom stereocenters. The van der Waals surface area contributed by atoms with Crippen molar-refractivity contribution < 1.29 is 0 Å². The molecule has 0 aliphatic heterocycles. The molecule has 0 aliphatic rings. The van der Waals surface area contributed by atoms with Crippen LogP contribution >= 0.6 is 15.9 Å². The minimum atomic E-state index is 0.170.